The average Bonchev–Trinajstić information content (AvgIpc) is 2.50. The lowest BCUT2D eigenvalue weighted by Crippen LogP contribution is -2.31. The third kappa shape index (κ3) is 4.08. The Hall–Kier alpha value is -1.32. The summed E-state index contributed by atoms with van der Waals surface area (Å²) in [6.45, 7) is 9.71. The van der Waals surface area contributed by atoms with Crippen molar-refractivity contribution in [1.29, 1.82) is 0 Å². The molecule has 0 amide bonds. The van der Waals surface area contributed by atoms with Gasteiger partial charge >= 0.3 is 0 Å². The van der Waals surface area contributed by atoms with E-state index in [1.165, 1.54) is 25.7 Å². The van der Waals surface area contributed by atoms with Gasteiger partial charge in [-0.15, -0.1) is 0 Å². The first kappa shape index (κ1) is 16.1. The Morgan fingerprint density at radius 2 is 1.81 bits per heavy atom. The van der Waals surface area contributed by atoms with Crippen molar-refractivity contribution >= 4 is 11.6 Å². The lowest BCUT2D eigenvalue weighted by molar-refractivity contribution is 0.349. The van der Waals surface area contributed by atoms with Crippen molar-refractivity contribution in [2.45, 2.75) is 72.3 Å². The molecular weight excluding hydrogens is 260 g/mol. The Morgan fingerprint density at radius 3 is 2.48 bits per heavy atom. The van der Waals surface area contributed by atoms with E-state index in [0.717, 1.165) is 48.3 Å². The van der Waals surface area contributed by atoms with Crippen LogP contribution in [0.3, 0.4) is 0 Å². The van der Waals surface area contributed by atoms with Crippen LogP contribution in [0.5, 0.6) is 0 Å². The lowest BCUT2D eigenvalue weighted by atomic mass is 9.86. The van der Waals surface area contributed by atoms with E-state index in [9.17, 15) is 0 Å². The molecule has 1 aromatic heterocycles. The maximum Gasteiger partial charge on any atom is 0.135 e. The molecule has 1 saturated carbocycles. The predicted molar refractivity (Wildman–Crippen MR) is 90.0 cm³/mol. The summed E-state index contributed by atoms with van der Waals surface area (Å²) in [6.07, 6.45) is 7.25. The van der Waals surface area contributed by atoms with Gasteiger partial charge in [0, 0.05) is 24.6 Å². The quantitative estimate of drug-likeness (QED) is 0.826. The molecule has 118 valence electrons. The highest BCUT2D eigenvalue weighted by Crippen LogP contribution is 2.28. The molecule has 2 unspecified atom stereocenters. The summed E-state index contributed by atoms with van der Waals surface area (Å²) in [7, 11) is 0. The first-order valence-corrected chi connectivity index (χ1v) is 8.53. The second kappa shape index (κ2) is 7.62. The number of anilines is 2. The molecule has 4 nitrogen and oxygen atoms in total. The van der Waals surface area contributed by atoms with Crippen LogP contribution in [0.2, 0.25) is 0 Å². The van der Waals surface area contributed by atoms with Crippen LogP contribution in [0.15, 0.2) is 0 Å². The van der Waals surface area contributed by atoms with Gasteiger partial charge in [0.2, 0.25) is 0 Å². The van der Waals surface area contributed by atoms with Crippen LogP contribution in [-0.2, 0) is 6.42 Å². The van der Waals surface area contributed by atoms with Gasteiger partial charge in [-0.2, -0.15) is 0 Å². The molecule has 2 N–H and O–H groups in total. The summed E-state index contributed by atoms with van der Waals surface area (Å²) < 4.78 is 0. The summed E-state index contributed by atoms with van der Waals surface area (Å²) in [6, 6.07) is 0.552. The highest BCUT2D eigenvalue weighted by atomic mass is 15.1. The number of aryl methyl sites for hydroxylation is 1. The van der Waals surface area contributed by atoms with Crippen LogP contribution in [0, 0.1) is 12.8 Å². The van der Waals surface area contributed by atoms with Crippen molar-refractivity contribution in [3.8, 4) is 0 Å². The summed E-state index contributed by atoms with van der Waals surface area (Å²) in [5.41, 5.74) is 1.15. The van der Waals surface area contributed by atoms with Crippen LogP contribution in [0.4, 0.5) is 11.6 Å². The van der Waals surface area contributed by atoms with Crippen molar-refractivity contribution in [3.63, 3.8) is 0 Å². The normalized spacial score (nSPS) is 22.1. The topological polar surface area (TPSA) is 49.8 Å². The molecule has 2 atom stereocenters. The third-order valence-electron chi connectivity index (χ3n) is 4.48. The fraction of sp³-hybridized carbons (Fsp3) is 0.765. The minimum Gasteiger partial charge on any atom is -0.370 e. The van der Waals surface area contributed by atoms with Gasteiger partial charge in [-0.25, -0.2) is 9.97 Å². The van der Waals surface area contributed by atoms with Crippen LogP contribution in [0.25, 0.3) is 0 Å². The molecule has 0 saturated heterocycles. The number of nitrogens with one attached hydrogen (secondary N) is 2. The molecule has 1 aliphatic rings. The van der Waals surface area contributed by atoms with E-state index in [-0.39, 0.29) is 0 Å². The van der Waals surface area contributed by atoms with Gasteiger partial charge in [-0.05, 0) is 32.1 Å². The first-order valence-electron chi connectivity index (χ1n) is 8.53. The summed E-state index contributed by atoms with van der Waals surface area (Å²) in [5.74, 6) is 3.67. The maximum atomic E-state index is 4.73. The largest absolute Gasteiger partial charge is 0.370 e. The van der Waals surface area contributed by atoms with Gasteiger partial charge < -0.3 is 10.6 Å². The van der Waals surface area contributed by atoms with Crippen molar-refractivity contribution < 1.29 is 0 Å². The fourth-order valence-corrected chi connectivity index (χ4v) is 2.98. The zero-order valence-corrected chi connectivity index (χ0v) is 14.0. The molecule has 1 aliphatic carbocycles. The minimum atomic E-state index is 0.552. The monoisotopic (exact) mass is 290 g/mol. The maximum absolute atomic E-state index is 4.73. The molecule has 0 aliphatic heterocycles. The highest BCUT2D eigenvalue weighted by molar-refractivity contribution is 5.57. The Morgan fingerprint density at radius 1 is 1.10 bits per heavy atom. The third-order valence-corrected chi connectivity index (χ3v) is 4.48. The summed E-state index contributed by atoms with van der Waals surface area (Å²) in [5, 5.41) is 7.13. The Kier molecular flexibility index (Phi) is 5.83. The van der Waals surface area contributed by atoms with Crippen LogP contribution >= 0.6 is 0 Å². The highest BCUT2D eigenvalue weighted by Gasteiger charge is 2.22. The Balaban J connectivity index is 2.20. The van der Waals surface area contributed by atoms with E-state index >= 15 is 0 Å². The standard InChI is InChI=1S/C17H30N4/c1-5-11-18-16-13(4)17(21-15(6-2)20-16)19-14-10-8-7-9-12(14)3/h12,14H,5-11H2,1-4H3,(H2,18,19,20,21). The minimum absolute atomic E-state index is 0.552. The molecule has 4 heteroatoms. The van der Waals surface area contributed by atoms with E-state index in [0.29, 0.717) is 6.04 Å². The molecule has 1 fully saturated rings. The molecule has 1 heterocycles. The van der Waals surface area contributed by atoms with Crippen LogP contribution in [-0.4, -0.2) is 22.6 Å². The van der Waals surface area contributed by atoms with E-state index in [1.807, 2.05) is 0 Å². The smallest absolute Gasteiger partial charge is 0.135 e. The average molecular weight is 290 g/mol. The molecule has 2 rings (SSSR count). The van der Waals surface area contributed by atoms with Gasteiger partial charge in [0.25, 0.3) is 0 Å². The first-order chi connectivity index (χ1) is 10.2. The zero-order chi connectivity index (χ0) is 15.2. The molecule has 21 heavy (non-hydrogen) atoms. The molecular formula is C17H30N4. The van der Waals surface area contributed by atoms with Crippen molar-refractivity contribution in [2.24, 2.45) is 5.92 Å². The van der Waals surface area contributed by atoms with Crippen molar-refractivity contribution in [2.75, 3.05) is 17.2 Å². The summed E-state index contributed by atoms with van der Waals surface area (Å²) in [4.78, 5) is 9.36. The summed E-state index contributed by atoms with van der Waals surface area (Å²) >= 11 is 0. The second-order valence-corrected chi connectivity index (χ2v) is 6.25. The molecule has 0 aromatic carbocycles. The SMILES string of the molecule is CCCNc1nc(CC)nc(NC2CCCCC2C)c1C. The van der Waals surface area contributed by atoms with E-state index in [2.05, 4.69) is 43.3 Å². The number of aromatic nitrogens is 2. The Bertz CT molecular complexity index is 458. The molecule has 1 aromatic rings. The fourth-order valence-electron chi connectivity index (χ4n) is 2.98. The van der Waals surface area contributed by atoms with Gasteiger partial charge in [0.05, 0.1) is 0 Å². The van der Waals surface area contributed by atoms with Gasteiger partial charge in [0.1, 0.15) is 17.5 Å². The van der Waals surface area contributed by atoms with E-state index < -0.39 is 0 Å². The second-order valence-electron chi connectivity index (χ2n) is 6.25. The van der Waals surface area contributed by atoms with Gasteiger partial charge in [0.15, 0.2) is 0 Å². The van der Waals surface area contributed by atoms with Crippen molar-refractivity contribution in [1.82, 2.24) is 9.97 Å². The number of nitrogens with zero attached hydrogens (tertiary/aromatic N) is 2. The number of rotatable bonds is 6. The van der Waals surface area contributed by atoms with E-state index in [1.54, 1.807) is 0 Å². The van der Waals surface area contributed by atoms with Crippen LogP contribution in [0.1, 0.15) is 64.3 Å². The number of hydrogen-bond acceptors (Lipinski definition) is 4. The number of hydrogen-bond donors (Lipinski definition) is 2. The molecule has 0 spiro atoms. The van der Waals surface area contributed by atoms with Gasteiger partial charge in [-0.3, -0.25) is 0 Å². The lowest BCUT2D eigenvalue weighted by Gasteiger charge is -2.30. The van der Waals surface area contributed by atoms with E-state index in [4.69, 9.17) is 4.98 Å². The Labute approximate surface area is 129 Å². The van der Waals surface area contributed by atoms with Crippen molar-refractivity contribution in [3.05, 3.63) is 11.4 Å². The molecule has 0 radical (unpaired) electrons. The zero-order valence-electron chi connectivity index (χ0n) is 14.0. The van der Waals surface area contributed by atoms with Crippen LogP contribution < -0.4 is 10.6 Å². The molecule has 0 bridgehead atoms. The van der Waals surface area contributed by atoms with Gasteiger partial charge in [-0.1, -0.05) is 33.6 Å². The predicted octanol–water partition coefficient (Wildman–Crippen LogP) is 4.16.